The van der Waals surface area contributed by atoms with Crippen molar-refractivity contribution in [2.75, 3.05) is 33.0 Å². The number of aliphatic hydroxyl groups excluding tert-OH is 6. The van der Waals surface area contributed by atoms with Gasteiger partial charge >= 0.3 is 0 Å². The number of Topliss-reactive ketones (excluding diaryl/α,β-unsaturated/α-hetero) is 1. The van der Waals surface area contributed by atoms with Gasteiger partial charge in [0.2, 0.25) is 11.8 Å². The van der Waals surface area contributed by atoms with Crippen LogP contribution < -0.4 is 22.1 Å². The minimum atomic E-state index is -1.32. The molecule has 2 fully saturated rings. The summed E-state index contributed by atoms with van der Waals surface area (Å²) in [5.41, 5.74) is 11.7. The van der Waals surface area contributed by atoms with Crippen molar-refractivity contribution in [3.63, 3.8) is 0 Å². The molecule has 0 aromatic rings. The van der Waals surface area contributed by atoms with E-state index in [-0.39, 0.29) is 43.7 Å². The Morgan fingerprint density at radius 1 is 0.717 bits per heavy atom. The summed E-state index contributed by atoms with van der Waals surface area (Å²) in [6.45, 7) is 1.23. The molecule has 0 aliphatic carbocycles. The maximum Gasteiger partial charge on any atom is 0.220 e. The van der Waals surface area contributed by atoms with Crippen LogP contribution in [0.1, 0.15) is 64.7 Å². The molecule has 268 valence electrons. The number of carbonyl (C=O) groups excluding carboxylic acids is 3. The van der Waals surface area contributed by atoms with Crippen LogP contribution in [0.3, 0.4) is 0 Å². The minimum Gasteiger partial charge on any atom is -0.394 e. The van der Waals surface area contributed by atoms with E-state index in [1.165, 1.54) is 6.92 Å². The Morgan fingerprint density at radius 3 is 1.65 bits per heavy atom. The Morgan fingerprint density at radius 2 is 1.20 bits per heavy atom. The molecule has 46 heavy (non-hydrogen) atoms. The maximum absolute atomic E-state index is 12.4. The summed E-state index contributed by atoms with van der Waals surface area (Å²) in [5, 5.41) is 63.7. The molecule has 11 atom stereocenters. The van der Waals surface area contributed by atoms with Crippen LogP contribution in [0.15, 0.2) is 0 Å². The number of nitrogens with one attached hydrogen (secondary N) is 2. The van der Waals surface area contributed by atoms with Gasteiger partial charge in [0, 0.05) is 32.6 Å². The molecule has 2 heterocycles. The molecule has 17 heteroatoms. The first kappa shape index (κ1) is 40.3. The molecule has 17 nitrogen and oxygen atoms in total. The molecule has 2 saturated heterocycles. The van der Waals surface area contributed by atoms with Crippen LogP contribution in [0.2, 0.25) is 0 Å². The normalized spacial score (nSPS) is 32.1. The fourth-order valence-electron chi connectivity index (χ4n) is 5.11. The summed E-state index contributed by atoms with van der Waals surface area (Å²) in [5.74, 6) is -0.576. The van der Waals surface area contributed by atoms with Crippen LogP contribution in [0, 0.1) is 0 Å². The lowest BCUT2D eigenvalue weighted by Crippen LogP contribution is -2.62. The van der Waals surface area contributed by atoms with Gasteiger partial charge in [-0.15, -0.1) is 0 Å². The average Bonchev–Trinajstić information content (AvgIpc) is 3.03. The van der Waals surface area contributed by atoms with Crippen LogP contribution in [-0.4, -0.2) is 149 Å². The molecule has 2 aliphatic heterocycles. The van der Waals surface area contributed by atoms with Crippen molar-refractivity contribution in [1.29, 1.82) is 0 Å². The standard InChI is InChI=1S/C29H54N4O13/c1-16(36)17(33-21(38)10-4-7-13-44-29-23(31)27(42)25(40)19(15-35)46-29)8-2-5-11-32-20(37)9-3-6-12-43-28-22(30)26(41)24(39)18(14-34)45-28/h17-19,22-29,34-35,39-42H,2-15,30-31H2,1H3,(H,32,37)(H,33,38)/t17?,18?,19?,22-,23-,24-,25-,26?,27?,28+,29+/m0/s1. The molecule has 0 aromatic carbocycles. The molecule has 0 aromatic heterocycles. The molecule has 12 N–H and O–H groups in total. The Hall–Kier alpha value is -1.87. The summed E-state index contributed by atoms with van der Waals surface area (Å²) in [6.07, 6.45) is -5.11. The predicted octanol–water partition coefficient (Wildman–Crippen LogP) is -3.75. The van der Waals surface area contributed by atoms with Crippen molar-refractivity contribution in [2.45, 2.75) is 132 Å². The summed E-state index contributed by atoms with van der Waals surface area (Å²) in [6, 6.07) is -2.59. The van der Waals surface area contributed by atoms with Gasteiger partial charge in [0.15, 0.2) is 18.4 Å². The highest BCUT2D eigenvalue weighted by atomic mass is 16.7. The van der Waals surface area contributed by atoms with Crippen molar-refractivity contribution in [2.24, 2.45) is 11.5 Å². The molecule has 0 saturated carbocycles. The molecule has 0 radical (unpaired) electrons. The van der Waals surface area contributed by atoms with Gasteiger partial charge in [-0.2, -0.15) is 0 Å². The van der Waals surface area contributed by atoms with Gasteiger partial charge in [0.1, 0.15) is 36.6 Å². The lowest BCUT2D eigenvalue weighted by Gasteiger charge is -2.40. The van der Waals surface area contributed by atoms with Crippen LogP contribution in [0.5, 0.6) is 0 Å². The van der Waals surface area contributed by atoms with E-state index in [0.717, 1.165) is 0 Å². The number of amides is 2. The molecule has 5 unspecified atom stereocenters. The van der Waals surface area contributed by atoms with Gasteiger partial charge in [0.05, 0.1) is 31.3 Å². The zero-order chi connectivity index (χ0) is 34.2. The van der Waals surface area contributed by atoms with E-state index < -0.39 is 80.5 Å². The second-order valence-electron chi connectivity index (χ2n) is 11.8. The van der Waals surface area contributed by atoms with Gasteiger partial charge in [-0.25, -0.2) is 0 Å². The van der Waals surface area contributed by atoms with E-state index >= 15 is 0 Å². The largest absolute Gasteiger partial charge is 0.394 e. The summed E-state index contributed by atoms with van der Waals surface area (Å²) in [4.78, 5) is 36.5. The van der Waals surface area contributed by atoms with E-state index in [0.29, 0.717) is 51.5 Å². The smallest absolute Gasteiger partial charge is 0.220 e. The highest BCUT2D eigenvalue weighted by Crippen LogP contribution is 2.22. The second-order valence-corrected chi connectivity index (χ2v) is 11.8. The van der Waals surface area contributed by atoms with Gasteiger partial charge in [-0.3, -0.25) is 14.4 Å². The second kappa shape index (κ2) is 21.2. The van der Waals surface area contributed by atoms with Crippen LogP contribution in [0.4, 0.5) is 0 Å². The third kappa shape index (κ3) is 13.0. The number of hydrogen-bond acceptors (Lipinski definition) is 15. The van der Waals surface area contributed by atoms with E-state index in [9.17, 15) is 45.0 Å². The van der Waals surface area contributed by atoms with E-state index in [1.54, 1.807) is 0 Å². The number of nitrogens with two attached hydrogens (primary N) is 2. The third-order valence-electron chi connectivity index (χ3n) is 8.08. The van der Waals surface area contributed by atoms with Crippen LogP contribution in [0.25, 0.3) is 0 Å². The molecule has 2 aliphatic rings. The number of unbranched alkanes of at least 4 members (excludes halogenated alkanes) is 3. The zero-order valence-electron chi connectivity index (χ0n) is 26.4. The van der Waals surface area contributed by atoms with Crippen molar-refractivity contribution < 1.29 is 64.0 Å². The van der Waals surface area contributed by atoms with Gasteiger partial charge in [-0.05, 0) is 51.9 Å². The SMILES string of the molecule is CC(=O)C(CCCCNC(=O)CCCCO[C@@H]1OC(CO)[C@H](O)C(O)[C@@H]1N)NC(=O)CCCCO[C@@H]1OC(CO)[C@H](O)C(O)[C@@H]1N. The summed E-state index contributed by atoms with van der Waals surface area (Å²) >= 11 is 0. The van der Waals surface area contributed by atoms with Gasteiger partial charge in [-0.1, -0.05) is 0 Å². The van der Waals surface area contributed by atoms with E-state index in [4.69, 9.17) is 30.4 Å². The fraction of sp³-hybridized carbons (Fsp3) is 0.897. The van der Waals surface area contributed by atoms with Crippen molar-refractivity contribution in [1.82, 2.24) is 10.6 Å². The molecule has 2 rings (SSSR count). The number of rotatable bonds is 21. The minimum absolute atomic E-state index is 0.135. The number of carbonyl (C=O) groups is 3. The van der Waals surface area contributed by atoms with Crippen molar-refractivity contribution in [3.8, 4) is 0 Å². The maximum atomic E-state index is 12.4. The van der Waals surface area contributed by atoms with Gasteiger partial charge in [0.25, 0.3) is 0 Å². The first-order chi connectivity index (χ1) is 21.9. The first-order valence-electron chi connectivity index (χ1n) is 16.0. The molecule has 2 amide bonds. The van der Waals surface area contributed by atoms with E-state index in [2.05, 4.69) is 10.6 Å². The zero-order valence-corrected chi connectivity index (χ0v) is 26.4. The van der Waals surface area contributed by atoms with Crippen molar-refractivity contribution in [3.05, 3.63) is 0 Å². The lowest BCUT2D eigenvalue weighted by atomic mass is 9.98. The Kier molecular flexibility index (Phi) is 18.6. The lowest BCUT2D eigenvalue weighted by molar-refractivity contribution is -0.265. The number of hydrogen-bond donors (Lipinski definition) is 10. The number of ether oxygens (including phenoxy) is 4. The number of aliphatic hydroxyl groups is 6. The third-order valence-corrected chi connectivity index (χ3v) is 8.08. The predicted molar refractivity (Wildman–Crippen MR) is 161 cm³/mol. The molecular formula is C29H54N4O13. The van der Waals surface area contributed by atoms with E-state index in [1.807, 2.05) is 0 Å². The highest BCUT2D eigenvalue weighted by molar-refractivity contribution is 5.87. The monoisotopic (exact) mass is 666 g/mol. The summed E-state index contributed by atoms with van der Waals surface area (Å²) in [7, 11) is 0. The summed E-state index contributed by atoms with van der Waals surface area (Å²) < 4.78 is 21.8. The Labute approximate surface area is 268 Å². The molecule has 0 bridgehead atoms. The Bertz CT molecular complexity index is 914. The number of ketones is 1. The van der Waals surface area contributed by atoms with Crippen molar-refractivity contribution >= 4 is 17.6 Å². The quantitative estimate of drug-likeness (QED) is 0.0527. The topological polar surface area (TPSA) is 286 Å². The van der Waals surface area contributed by atoms with Crippen LogP contribution >= 0.6 is 0 Å². The first-order valence-corrected chi connectivity index (χ1v) is 16.0. The fourth-order valence-corrected chi connectivity index (χ4v) is 5.11. The molecular weight excluding hydrogens is 612 g/mol. The van der Waals surface area contributed by atoms with Crippen LogP contribution in [-0.2, 0) is 33.3 Å². The Balaban J connectivity index is 1.52. The average molecular weight is 667 g/mol. The molecule has 0 spiro atoms. The highest BCUT2D eigenvalue weighted by Gasteiger charge is 2.44. The van der Waals surface area contributed by atoms with Gasteiger partial charge < -0.3 is 71.7 Å².